The Morgan fingerprint density at radius 1 is 0.821 bits per heavy atom. The van der Waals surface area contributed by atoms with Crippen LogP contribution < -0.4 is 16.0 Å². The molecule has 0 saturated heterocycles. The molecule has 5 nitrogen and oxygen atoms in total. The van der Waals surface area contributed by atoms with Crippen molar-refractivity contribution in [2.75, 3.05) is 16.0 Å². The van der Waals surface area contributed by atoms with Gasteiger partial charge in [-0.3, -0.25) is 4.79 Å². The average Bonchev–Trinajstić information content (AvgIpc) is 3.18. The summed E-state index contributed by atoms with van der Waals surface area (Å²) in [6.07, 6.45) is -2.97. The van der Waals surface area contributed by atoms with Gasteiger partial charge in [0, 0.05) is 17.1 Å². The number of hydrogen-bond acceptors (Lipinski definition) is 3. The van der Waals surface area contributed by atoms with Gasteiger partial charge in [-0.15, -0.1) is 0 Å². The van der Waals surface area contributed by atoms with Crippen LogP contribution in [0.2, 0.25) is 0 Å². The highest BCUT2D eigenvalue weighted by molar-refractivity contribution is 7.80. The summed E-state index contributed by atoms with van der Waals surface area (Å²) in [6, 6.07) is 14.4. The van der Waals surface area contributed by atoms with E-state index < -0.39 is 11.7 Å². The molecule has 0 aliphatic rings. The SMILES string of the molecule is O=C(Nc1ccc(NC(=S)Nc2ccc(C(F)(F)F)cc2)cc1)c1ccco1. The summed E-state index contributed by atoms with van der Waals surface area (Å²) < 4.78 is 42.7. The molecular formula is C19H14F3N3O2S. The topological polar surface area (TPSA) is 66.3 Å². The maximum atomic E-state index is 12.6. The van der Waals surface area contributed by atoms with Crippen molar-refractivity contribution in [3.63, 3.8) is 0 Å². The molecule has 0 atom stereocenters. The molecule has 0 aliphatic carbocycles. The van der Waals surface area contributed by atoms with Gasteiger partial charge >= 0.3 is 6.18 Å². The molecule has 0 saturated carbocycles. The highest BCUT2D eigenvalue weighted by atomic mass is 32.1. The number of furan rings is 1. The minimum Gasteiger partial charge on any atom is -0.459 e. The third-order valence-corrected chi connectivity index (χ3v) is 3.82. The highest BCUT2D eigenvalue weighted by Crippen LogP contribution is 2.29. The fourth-order valence-corrected chi connectivity index (χ4v) is 2.51. The molecule has 28 heavy (non-hydrogen) atoms. The van der Waals surface area contributed by atoms with Gasteiger partial charge in [0.2, 0.25) is 0 Å². The lowest BCUT2D eigenvalue weighted by Crippen LogP contribution is -2.19. The first-order valence-electron chi connectivity index (χ1n) is 8.01. The highest BCUT2D eigenvalue weighted by Gasteiger charge is 2.29. The summed E-state index contributed by atoms with van der Waals surface area (Å²) in [5.41, 5.74) is 0.894. The molecule has 3 rings (SSSR count). The van der Waals surface area contributed by atoms with Crippen molar-refractivity contribution in [2.45, 2.75) is 6.18 Å². The van der Waals surface area contributed by atoms with Crippen LogP contribution in [0, 0.1) is 0 Å². The summed E-state index contributed by atoms with van der Waals surface area (Å²) in [7, 11) is 0. The maximum Gasteiger partial charge on any atom is 0.416 e. The third-order valence-electron chi connectivity index (χ3n) is 3.62. The van der Waals surface area contributed by atoms with E-state index in [-0.39, 0.29) is 16.8 Å². The second-order valence-corrected chi connectivity index (χ2v) is 6.07. The van der Waals surface area contributed by atoms with Crippen LogP contribution in [0.15, 0.2) is 71.3 Å². The number of amides is 1. The minimum absolute atomic E-state index is 0.198. The normalized spacial score (nSPS) is 11.0. The van der Waals surface area contributed by atoms with Gasteiger partial charge in [0.25, 0.3) is 5.91 Å². The van der Waals surface area contributed by atoms with Crippen molar-refractivity contribution >= 4 is 40.3 Å². The van der Waals surface area contributed by atoms with E-state index in [1.807, 2.05) is 0 Å². The van der Waals surface area contributed by atoms with E-state index >= 15 is 0 Å². The van der Waals surface area contributed by atoms with E-state index in [1.54, 1.807) is 36.4 Å². The molecule has 1 amide bonds. The lowest BCUT2D eigenvalue weighted by molar-refractivity contribution is -0.137. The van der Waals surface area contributed by atoms with Crippen molar-refractivity contribution in [3.8, 4) is 0 Å². The Morgan fingerprint density at radius 2 is 1.32 bits per heavy atom. The van der Waals surface area contributed by atoms with Gasteiger partial charge in [0.1, 0.15) is 0 Å². The molecule has 0 bridgehead atoms. The van der Waals surface area contributed by atoms with Crippen LogP contribution >= 0.6 is 12.2 Å². The Balaban J connectivity index is 1.55. The fourth-order valence-electron chi connectivity index (χ4n) is 2.27. The number of carbonyl (C=O) groups excluding carboxylic acids is 1. The molecule has 0 spiro atoms. The van der Waals surface area contributed by atoms with Gasteiger partial charge in [0.05, 0.1) is 11.8 Å². The Hall–Kier alpha value is -3.33. The second kappa shape index (κ2) is 8.13. The van der Waals surface area contributed by atoms with Gasteiger partial charge in [0.15, 0.2) is 10.9 Å². The predicted molar refractivity (Wildman–Crippen MR) is 104 cm³/mol. The summed E-state index contributed by atoms with van der Waals surface area (Å²) in [5.74, 6) is -0.172. The molecule has 0 radical (unpaired) electrons. The molecule has 1 heterocycles. The van der Waals surface area contributed by atoms with Crippen LogP contribution in [0.3, 0.4) is 0 Å². The molecule has 0 fully saturated rings. The van der Waals surface area contributed by atoms with Gasteiger partial charge in [-0.2, -0.15) is 13.2 Å². The predicted octanol–water partition coefficient (Wildman–Crippen LogP) is 5.36. The van der Waals surface area contributed by atoms with E-state index in [1.165, 1.54) is 18.4 Å². The molecule has 3 N–H and O–H groups in total. The maximum absolute atomic E-state index is 12.6. The van der Waals surface area contributed by atoms with Crippen LogP contribution in [0.5, 0.6) is 0 Å². The number of halogens is 3. The molecule has 2 aromatic carbocycles. The van der Waals surface area contributed by atoms with Crippen LogP contribution in [0.4, 0.5) is 30.2 Å². The first-order valence-corrected chi connectivity index (χ1v) is 8.42. The average molecular weight is 405 g/mol. The molecule has 1 aromatic heterocycles. The summed E-state index contributed by atoms with van der Waals surface area (Å²) in [6.45, 7) is 0. The number of thiocarbonyl (C=S) groups is 1. The van der Waals surface area contributed by atoms with Crippen LogP contribution in [0.25, 0.3) is 0 Å². The van der Waals surface area contributed by atoms with Crippen molar-refractivity contribution < 1.29 is 22.4 Å². The smallest absolute Gasteiger partial charge is 0.416 e. The molecule has 9 heteroatoms. The van der Waals surface area contributed by atoms with E-state index in [2.05, 4.69) is 16.0 Å². The largest absolute Gasteiger partial charge is 0.459 e. The van der Waals surface area contributed by atoms with Crippen LogP contribution in [0.1, 0.15) is 16.1 Å². The van der Waals surface area contributed by atoms with Gasteiger partial charge < -0.3 is 20.4 Å². The van der Waals surface area contributed by atoms with Crippen molar-refractivity contribution in [3.05, 3.63) is 78.3 Å². The Bertz CT molecular complexity index is 954. The van der Waals surface area contributed by atoms with Crippen molar-refractivity contribution in [1.29, 1.82) is 0 Å². The quantitative estimate of drug-likeness (QED) is 0.510. The monoisotopic (exact) mass is 405 g/mol. The molecule has 0 aliphatic heterocycles. The standard InChI is InChI=1S/C19H14F3N3O2S/c20-19(21,22)12-3-5-14(6-4-12)24-18(28)25-15-9-7-13(8-10-15)23-17(26)16-2-1-11-27-16/h1-11H,(H,23,26)(H2,24,25,28). The Kier molecular flexibility index (Phi) is 5.65. The molecule has 3 aromatic rings. The van der Waals surface area contributed by atoms with Crippen LogP contribution in [-0.2, 0) is 6.18 Å². The number of anilines is 3. The van der Waals surface area contributed by atoms with E-state index in [0.717, 1.165) is 12.1 Å². The number of carbonyl (C=O) groups is 1. The molecule has 0 unspecified atom stereocenters. The second-order valence-electron chi connectivity index (χ2n) is 5.66. The summed E-state index contributed by atoms with van der Waals surface area (Å²) >= 11 is 5.15. The lowest BCUT2D eigenvalue weighted by atomic mass is 10.2. The zero-order valence-corrected chi connectivity index (χ0v) is 15.0. The number of alkyl halides is 3. The van der Waals surface area contributed by atoms with Gasteiger partial charge in [-0.1, -0.05) is 0 Å². The molecular weight excluding hydrogens is 391 g/mol. The van der Waals surface area contributed by atoms with E-state index in [0.29, 0.717) is 17.1 Å². The zero-order chi connectivity index (χ0) is 20.1. The zero-order valence-electron chi connectivity index (χ0n) is 14.2. The lowest BCUT2D eigenvalue weighted by Gasteiger charge is -2.12. The molecule has 144 valence electrons. The summed E-state index contributed by atoms with van der Waals surface area (Å²) in [4.78, 5) is 11.9. The number of rotatable bonds is 4. The van der Waals surface area contributed by atoms with E-state index in [9.17, 15) is 18.0 Å². The first-order chi connectivity index (χ1) is 13.3. The summed E-state index contributed by atoms with van der Waals surface area (Å²) in [5, 5.41) is 8.61. The number of hydrogen-bond donors (Lipinski definition) is 3. The minimum atomic E-state index is -4.38. The fraction of sp³-hybridized carbons (Fsp3) is 0.0526. The Morgan fingerprint density at radius 3 is 1.79 bits per heavy atom. The third kappa shape index (κ3) is 5.10. The van der Waals surface area contributed by atoms with Crippen molar-refractivity contribution in [2.24, 2.45) is 0 Å². The van der Waals surface area contributed by atoms with Crippen LogP contribution in [-0.4, -0.2) is 11.0 Å². The van der Waals surface area contributed by atoms with Gasteiger partial charge in [-0.25, -0.2) is 0 Å². The first kappa shape index (κ1) is 19.4. The number of benzene rings is 2. The van der Waals surface area contributed by atoms with E-state index in [4.69, 9.17) is 16.6 Å². The Labute approximate surface area is 163 Å². The number of nitrogens with one attached hydrogen (secondary N) is 3. The van der Waals surface area contributed by atoms with Gasteiger partial charge in [-0.05, 0) is 72.9 Å². The van der Waals surface area contributed by atoms with Crippen molar-refractivity contribution in [1.82, 2.24) is 0 Å².